The molecule has 1 nitrogen and oxygen atoms in total. The van der Waals surface area contributed by atoms with E-state index in [0.29, 0.717) is 5.69 Å². The second-order valence-electron chi connectivity index (χ2n) is 5.41. The number of anilines is 1. The van der Waals surface area contributed by atoms with Crippen molar-refractivity contribution in [1.29, 1.82) is 0 Å². The van der Waals surface area contributed by atoms with Crippen molar-refractivity contribution in [3.05, 3.63) is 107 Å². The van der Waals surface area contributed by atoms with Crippen molar-refractivity contribution in [2.24, 2.45) is 0 Å². The minimum atomic E-state index is -0.282. The zero-order valence-corrected chi connectivity index (χ0v) is 12.7. The Bertz CT molecular complexity index is 808. The molecule has 0 aliphatic carbocycles. The van der Waals surface area contributed by atoms with E-state index < -0.39 is 0 Å². The van der Waals surface area contributed by atoms with Gasteiger partial charge in [-0.1, -0.05) is 66.7 Å². The predicted octanol–water partition coefficient (Wildman–Crippen LogP) is 5.08. The Labute approximate surface area is 135 Å². The monoisotopic (exact) mass is 303 g/mol. The van der Waals surface area contributed by atoms with E-state index >= 15 is 0 Å². The van der Waals surface area contributed by atoms with Crippen LogP contribution in [0, 0.1) is 5.82 Å². The maximum Gasteiger partial charge on any atom is 0.123 e. The third kappa shape index (κ3) is 3.67. The molecule has 0 aromatic heterocycles. The minimum absolute atomic E-state index is 0.282. The molecule has 0 heterocycles. The Morgan fingerprint density at radius 3 is 2.22 bits per heavy atom. The topological polar surface area (TPSA) is 26.0 Å². The molecule has 2 N–H and O–H groups in total. The summed E-state index contributed by atoms with van der Waals surface area (Å²) in [6.45, 7) is 0. The summed E-state index contributed by atoms with van der Waals surface area (Å²) in [5, 5.41) is 0. The van der Waals surface area contributed by atoms with Crippen LogP contribution in [0.2, 0.25) is 0 Å². The molecule has 3 rings (SSSR count). The molecule has 0 bridgehead atoms. The fourth-order valence-electron chi connectivity index (χ4n) is 2.60. The number of hydrogen-bond donors (Lipinski definition) is 1. The van der Waals surface area contributed by atoms with Crippen LogP contribution in [0.5, 0.6) is 0 Å². The van der Waals surface area contributed by atoms with Gasteiger partial charge in [0.15, 0.2) is 0 Å². The maximum absolute atomic E-state index is 13.7. The lowest BCUT2D eigenvalue weighted by molar-refractivity contribution is 0.627. The minimum Gasteiger partial charge on any atom is -0.398 e. The average molecular weight is 303 g/mol. The van der Waals surface area contributed by atoms with E-state index in [4.69, 9.17) is 5.73 Å². The maximum atomic E-state index is 13.7. The van der Waals surface area contributed by atoms with Crippen LogP contribution in [-0.4, -0.2) is 0 Å². The van der Waals surface area contributed by atoms with Gasteiger partial charge in [-0.25, -0.2) is 4.39 Å². The van der Waals surface area contributed by atoms with Crippen molar-refractivity contribution >= 4 is 11.3 Å². The van der Waals surface area contributed by atoms with Gasteiger partial charge in [-0.2, -0.15) is 0 Å². The van der Waals surface area contributed by atoms with Crippen molar-refractivity contribution in [2.75, 3.05) is 5.73 Å². The number of nitrogen functional groups attached to an aromatic ring is 1. The molecule has 0 saturated carbocycles. The van der Waals surface area contributed by atoms with Crippen LogP contribution in [0.25, 0.3) is 5.57 Å². The van der Waals surface area contributed by atoms with Crippen molar-refractivity contribution < 1.29 is 4.39 Å². The van der Waals surface area contributed by atoms with Gasteiger partial charge in [-0.15, -0.1) is 0 Å². The first-order valence-corrected chi connectivity index (χ1v) is 7.59. The lowest BCUT2D eigenvalue weighted by Crippen LogP contribution is -1.97. The van der Waals surface area contributed by atoms with Gasteiger partial charge in [0.1, 0.15) is 5.82 Å². The van der Waals surface area contributed by atoms with Gasteiger partial charge in [0.05, 0.1) is 0 Å². The molecule has 0 aliphatic heterocycles. The Balaban J connectivity index is 2.05. The van der Waals surface area contributed by atoms with Crippen molar-refractivity contribution in [2.45, 2.75) is 6.42 Å². The fraction of sp³-hybridized carbons (Fsp3) is 0.0476. The van der Waals surface area contributed by atoms with Gasteiger partial charge in [-0.05, 0) is 41.3 Å². The zero-order chi connectivity index (χ0) is 16.1. The highest BCUT2D eigenvalue weighted by atomic mass is 19.1. The largest absolute Gasteiger partial charge is 0.398 e. The number of allylic oxidation sites excluding steroid dienone is 1. The fourth-order valence-corrected chi connectivity index (χ4v) is 2.60. The van der Waals surface area contributed by atoms with Crippen LogP contribution in [-0.2, 0) is 6.42 Å². The van der Waals surface area contributed by atoms with E-state index in [0.717, 1.165) is 23.1 Å². The van der Waals surface area contributed by atoms with E-state index in [2.05, 4.69) is 18.2 Å². The number of rotatable bonds is 4. The molecular formula is C21H18FN. The zero-order valence-electron chi connectivity index (χ0n) is 12.7. The molecule has 0 unspecified atom stereocenters. The highest BCUT2D eigenvalue weighted by Crippen LogP contribution is 2.29. The first-order chi connectivity index (χ1) is 11.2. The average Bonchev–Trinajstić information content (AvgIpc) is 2.60. The van der Waals surface area contributed by atoms with Crippen molar-refractivity contribution in [1.82, 2.24) is 0 Å². The summed E-state index contributed by atoms with van der Waals surface area (Å²) >= 11 is 0. The summed E-state index contributed by atoms with van der Waals surface area (Å²) in [5.41, 5.74) is 10.6. The SMILES string of the molecule is Nc1ccc(F)cc1C(=CCc1ccccc1)c1ccccc1. The second kappa shape index (κ2) is 6.93. The smallest absolute Gasteiger partial charge is 0.123 e. The summed E-state index contributed by atoms with van der Waals surface area (Å²) in [5.74, 6) is -0.282. The normalized spacial score (nSPS) is 11.4. The molecule has 3 aromatic carbocycles. The highest BCUT2D eigenvalue weighted by molar-refractivity contribution is 5.85. The van der Waals surface area contributed by atoms with E-state index in [1.807, 2.05) is 48.5 Å². The van der Waals surface area contributed by atoms with E-state index in [1.165, 1.54) is 17.7 Å². The quantitative estimate of drug-likeness (QED) is 0.668. The van der Waals surface area contributed by atoms with E-state index in [1.54, 1.807) is 6.07 Å². The molecule has 0 saturated heterocycles. The summed E-state index contributed by atoms with van der Waals surface area (Å²) < 4.78 is 13.7. The molecule has 0 atom stereocenters. The molecule has 0 radical (unpaired) electrons. The molecule has 114 valence electrons. The van der Waals surface area contributed by atoms with Gasteiger partial charge >= 0.3 is 0 Å². The second-order valence-corrected chi connectivity index (χ2v) is 5.41. The molecule has 23 heavy (non-hydrogen) atoms. The lowest BCUT2D eigenvalue weighted by Gasteiger charge is -2.12. The van der Waals surface area contributed by atoms with Crippen LogP contribution >= 0.6 is 0 Å². The van der Waals surface area contributed by atoms with Gasteiger partial charge < -0.3 is 5.73 Å². The van der Waals surface area contributed by atoms with Gasteiger partial charge in [0.2, 0.25) is 0 Å². The van der Waals surface area contributed by atoms with Crippen LogP contribution < -0.4 is 5.73 Å². The molecular weight excluding hydrogens is 285 g/mol. The first-order valence-electron chi connectivity index (χ1n) is 7.59. The molecule has 2 heteroatoms. The number of hydrogen-bond acceptors (Lipinski definition) is 1. The Morgan fingerprint density at radius 1 is 0.870 bits per heavy atom. The van der Waals surface area contributed by atoms with Crippen LogP contribution in [0.15, 0.2) is 84.9 Å². The molecule has 0 fully saturated rings. The molecule has 0 aliphatic rings. The first kappa shape index (κ1) is 15.0. The predicted molar refractivity (Wildman–Crippen MR) is 94.5 cm³/mol. The van der Waals surface area contributed by atoms with E-state index in [9.17, 15) is 4.39 Å². The van der Waals surface area contributed by atoms with Crippen LogP contribution in [0.1, 0.15) is 16.7 Å². The van der Waals surface area contributed by atoms with E-state index in [-0.39, 0.29) is 5.82 Å². The molecule has 3 aromatic rings. The number of benzene rings is 3. The number of nitrogens with two attached hydrogens (primary N) is 1. The van der Waals surface area contributed by atoms with Gasteiger partial charge in [0.25, 0.3) is 0 Å². The summed E-state index contributed by atoms with van der Waals surface area (Å²) in [6.07, 6.45) is 2.87. The molecule has 0 spiro atoms. The summed E-state index contributed by atoms with van der Waals surface area (Å²) in [7, 11) is 0. The molecule has 0 amide bonds. The van der Waals surface area contributed by atoms with Crippen LogP contribution in [0.3, 0.4) is 0 Å². The Morgan fingerprint density at radius 2 is 1.52 bits per heavy atom. The highest BCUT2D eigenvalue weighted by Gasteiger charge is 2.09. The van der Waals surface area contributed by atoms with Crippen molar-refractivity contribution in [3.63, 3.8) is 0 Å². The van der Waals surface area contributed by atoms with Gasteiger partial charge in [0, 0.05) is 11.3 Å². The van der Waals surface area contributed by atoms with Gasteiger partial charge in [-0.3, -0.25) is 0 Å². The third-order valence-corrected chi connectivity index (χ3v) is 3.78. The van der Waals surface area contributed by atoms with Crippen molar-refractivity contribution in [3.8, 4) is 0 Å². The Kier molecular flexibility index (Phi) is 4.53. The standard InChI is InChI=1S/C21H18FN/c22-18-12-14-21(23)20(15-18)19(17-9-5-2-6-10-17)13-11-16-7-3-1-4-8-16/h1-10,12-15H,11,23H2. The van der Waals surface area contributed by atoms with Crippen LogP contribution in [0.4, 0.5) is 10.1 Å². The third-order valence-electron chi connectivity index (χ3n) is 3.78. The summed E-state index contributed by atoms with van der Waals surface area (Å²) in [4.78, 5) is 0. The lowest BCUT2D eigenvalue weighted by atomic mass is 9.94. The summed E-state index contributed by atoms with van der Waals surface area (Å²) in [6, 6.07) is 24.6. The Hall–Kier alpha value is -2.87. The number of halogens is 1.